The molecule has 0 radical (unpaired) electrons. The van der Waals surface area contributed by atoms with Gasteiger partial charge in [0.2, 0.25) is 0 Å². The molecule has 0 heterocycles. The number of likely N-dealkylation sites (N-methyl/N-ethyl adjacent to an activating group) is 1. The Balaban J connectivity index is 2.37. The van der Waals surface area contributed by atoms with Crippen LogP contribution in [0.15, 0.2) is 0 Å². The molecule has 1 aliphatic carbocycles. The topological polar surface area (TPSA) is 15.3 Å². The van der Waals surface area contributed by atoms with Gasteiger partial charge in [-0.15, -0.1) is 0 Å². The van der Waals surface area contributed by atoms with Gasteiger partial charge in [-0.1, -0.05) is 27.2 Å². The fraction of sp³-hybridized carbons (Fsp3) is 1.00. The van der Waals surface area contributed by atoms with E-state index in [4.69, 9.17) is 0 Å². The molecule has 90 valence electrons. The molecule has 0 aromatic heterocycles. The molecular formula is C13H28N2. The van der Waals surface area contributed by atoms with Gasteiger partial charge in [-0.2, -0.15) is 0 Å². The van der Waals surface area contributed by atoms with Gasteiger partial charge in [0, 0.05) is 18.6 Å². The molecule has 15 heavy (non-hydrogen) atoms. The highest BCUT2D eigenvalue weighted by Gasteiger charge is 2.29. The van der Waals surface area contributed by atoms with Crippen molar-refractivity contribution in [2.24, 2.45) is 5.92 Å². The van der Waals surface area contributed by atoms with E-state index < -0.39 is 0 Å². The Morgan fingerprint density at radius 3 is 2.67 bits per heavy atom. The summed E-state index contributed by atoms with van der Waals surface area (Å²) in [5.74, 6) is 0.780. The first-order valence-corrected chi connectivity index (χ1v) is 6.58. The molecule has 1 fully saturated rings. The zero-order chi connectivity index (χ0) is 11.3. The molecule has 2 atom stereocenters. The van der Waals surface area contributed by atoms with Crippen molar-refractivity contribution in [3.8, 4) is 0 Å². The molecule has 0 aromatic rings. The summed E-state index contributed by atoms with van der Waals surface area (Å²) in [6, 6.07) is 1.52. The molecule has 1 aliphatic rings. The van der Waals surface area contributed by atoms with Crippen LogP contribution in [0.4, 0.5) is 0 Å². The van der Waals surface area contributed by atoms with E-state index in [0.717, 1.165) is 18.0 Å². The summed E-state index contributed by atoms with van der Waals surface area (Å²) in [5.41, 5.74) is 0. The Kier molecular flexibility index (Phi) is 5.62. The van der Waals surface area contributed by atoms with Gasteiger partial charge in [0.15, 0.2) is 0 Å². The maximum Gasteiger partial charge on any atom is 0.0246 e. The Hall–Kier alpha value is -0.0800. The number of rotatable bonds is 6. The monoisotopic (exact) mass is 212 g/mol. The van der Waals surface area contributed by atoms with Crippen molar-refractivity contribution in [3.63, 3.8) is 0 Å². The van der Waals surface area contributed by atoms with Crippen LogP contribution >= 0.6 is 0 Å². The van der Waals surface area contributed by atoms with Crippen molar-refractivity contribution in [2.75, 3.05) is 20.1 Å². The van der Waals surface area contributed by atoms with Gasteiger partial charge < -0.3 is 10.2 Å². The highest BCUT2D eigenvalue weighted by atomic mass is 15.2. The molecule has 0 amide bonds. The third-order valence-electron chi connectivity index (χ3n) is 3.36. The van der Waals surface area contributed by atoms with Crippen LogP contribution in [-0.2, 0) is 0 Å². The summed E-state index contributed by atoms with van der Waals surface area (Å²) in [5, 5.41) is 3.69. The number of hydrogen-bond donors (Lipinski definition) is 1. The average molecular weight is 212 g/mol. The van der Waals surface area contributed by atoms with E-state index in [0.29, 0.717) is 0 Å². The first-order valence-electron chi connectivity index (χ1n) is 6.58. The van der Waals surface area contributed by atoms with Gasteiger partial charge >= 0.3 is 0 Å². The summed E-state index contributed by atoms with van der Waals surface area (Å²) in [4.78, 5) is 2.56. The maximum atomic E-state index is 3.69. The van der Waals surface area contributed by atoms with Gasteiger partial charge in [0.1, 0.15) is 0 Å². The molecule has 0 bridgehead atoms. The fourth-order valence-electron chi connectivity index (χ4n) is 2.75. The van der Waals surface area contributed by atoms with Crippen molar-refractivity contribution in [2.45, 2.75) is 58.5 Å². The molecule has 1 N–H and O–H groups in total. The van der Waals surface area contributed by atoms with Crippen LogP contribution < -0.4 is 5.32 Å². The molecule has 2 nitrogen and oxygen atoms in total. The lowest BCUT2D eigenvalue weighted by Gasteiger charge is -2.31. The van der Waals surface area contributed by atoms with E-state index in [1.165, 1.54) is 38.8 Å². The van der Waals surface area contributed by atoms with Crippen LogP contribution in [0, 0.1) is 5.92 Å². The minimum Gasteiger partial charge on any atom is -0.312 e. The van der Waals surface area contributed by atoms with Crippen LogP contribution in [0.5, 0.6) is 0 Å². The zero-order valence-corrected chi connectivity index (χ0v) is 10.9. The van der Waals surface area contributed by atoms with Crippen molar-refractivity contribution < 1.29 is 0 Å². The SMILES string of the molecule is CCCNC1CCCC1N(C)CC(C)C. The van der Waals surface area contributed by atoms with Gasteiger partial charge in [-0.25, -0.2) is 0 Å². The van der Waals surface area contributed by atoms with Crippen molar-refractivity contribution in [1.29, 1.82) is 0 Å². The molecule has 1 saturated carbocycles. The summed E-state index contributed by atoms with van der Waals surface area (Å²) in [7, 11) is 2.29. The van der Waals surface area contributed by atoms with Crippen LogP contribution in [0.1, 0.15) is 46.5 Å². The van der Waals surface area contributed by atoms with Gasteiger partial charge in [0.25, 0.3) is 0 Å². The Labute approximate surface area is 95.4 Å². The molecule has 0 saturated heterocycles. The first-order chi connectivity index (χ1) is 7.15. The predicted molar refractivity (Wildman–Crippen MR) is 67.2 cm³/mol. The van der Waals surface area contributed by atoms with Crippen LogP contribution in [0.25, 0.3) is 0 Å². The fourth-order valence-corrected chi connectivity index (χ4v) is 2.75. The predicted octanol–water partition coefficient (Wildman–Crippen LogP) is 2.49. The van der Waals surface area contributed by atoms with E-state index in [1.807, 2.05) is 0 Å². The number of hydrogen-bond acceptors (Lipinski definition) is 2. The Morgan fingerprint density at radius 1 is 1.33 bits per heavy atom. The molecule has 1 rings (SSSR count). The van der Waals surface area contributed by atoms with E-state index in [2.05, 4.69) is 38.0 Å². The highest BCUT2D eigenvalue weighted by Crippen LogP contribution is 2.23. The summed E-state index contributed by atoms with van der Waals surface area (Å²) < 4.78 is 0. The molecule has 2 heteroatoms. The lowest BCUT2D eigenvalue weighted by molar-refractivity contribution is 0.191. The van der Waals surface area contributed by atoms with E-state index >= 15 is 0 Å². The number of nitrogens with zero attached hydrogens (tertiary/aromatic N) is 1. The zero-order valence-electron chi connectivity index (χ0n) is 10.9. The first kappa shape index (κ1) is 13.0. The van der Waals surface area contributed by atoms with E-state index in [9.17, 15) is 0 Å². The summed E-state index contributed by atoms with van der Waals surface area (Å²) >= 11 is 0. The second kappa shape index (κ2) is 6.49. The molecule has 0 aliphatic heterocycles. The normalized spacial score (nSPS) is 26.8. The standard InChI is InChI=1S/C13H28N2/c1-5-9-14-12-7-6-8-13(12)15(4)10-11(2)3/h11-14H,5-10H2,1-4H3. The van der Waals surface area contributed by atoms with Gasteiger partial charge in [-0.3, -0.25) is 0 Å². The molecular weight excluding hydrogens is 184 g/mol. The number of nitrogens with one attached hydrogen (secondary N) is 1. The maximum absolute atomic E-state index is 3.69. The minimum atomic E-state index is 0.744. The molecule has 0 aromatic carbocycles. The third-order valence-corrected chi connectivity index (χ3v) is 3.36. The Morgan fingerprint density at radius 2 is 2.07 bits per heavy atom. The minimum absolute atomic E-state index is 0.744. The van der Waals surface area contributed by atoms with Crippen molar-refractivity contribution in [1.82, 2.24) is 10.2 Å². The quantitative estimate of drug-likeness (QED) is 0.728. The van der Waals surface area contributed by atoms with E-state index in [1.54, 1.807) is 0 Å². The second-order valence-corrected chi connectivity index (χ2v) is 5.39. The van der Waals surface area contributed by atoms with Crippen molar-refractivity contribution in [3.05, 3.63) is 0 Å². The average Bonchev–Trinajstić information content (AvgIpc) is 2.61. The lowest BCUT2D eigenvalue weighted by atomic mass is 10.1. The summed E-state index contributed by atoms with van der Waals surface area (Å²) in [6.45, 7) is 9.26. The lowest BCUT2D eigenvalue weighted by Crippen LogP contribution is -2.46. The smallest absolute Gasteiger partial charge is 0.0246 e. The van der Waals surface area contributed by atoms with Gasteiger partial charge in [0.05, 0.1) is 0 Å². The van der Waals surface area contributed by atoms with Crippen LogP contribution in [0.3, 0.4) is 0 Å². The molecule has 2 unspecified atom stereocenters. The van der Waals surface area contributed by atoms with Crippen molar-refractivity contribution >= 4 is 0 Å². The second-order valence-electron chi connectivity index (χ2n) is 5.39. The largest absolute Gasteiger partial charge is 0.312 e. The van der Waals surface area contributed by atoms with E-state index in [-0.39, 0.29) is 0 Å². The highest BCUT2D eigenvalue weighted by molar-refractivity contribution is 4.89. The van der Waals surface area contributed by atoms with Crippen LogP contribution in [0.2, 0.25) is 0 Å². The van der Waals surface area contributed by atoms with Gasteiger partial charge in [-0.05, 0) is 38.8 Å². The third kappa shape index (κ3) is 4.12. The Bertz CT molecular complexity index is 168. The molecule has 0 spiro atoms. The van der Waals surface area contributed by atoms with Crippen LogP contribution in [-0.4, -0.2) is 37.1 Å². The summed E-state index contributed by atoms with van der Waals surface area (Å²) in [6.07, 6.45) is 5.39.